The molecule has 0 heterocycles. The van der Waals surface area contributed by atoms with Crippen molar-refractivity contribution < 1.29 is 5.21 Å². The number of benzene rings is 1. The van der Waals surface area contributed by atoms with Crippen molar-refractivity contribution in [2.75, 3.05) is 39.1 Å². The summed E-state index contributed by atoms with van der Waals surface area (Å²) in [5.74, 6) is 0.132. The largest absolute Gasteiger partial charge is 0.409 e. The molecule has 0 aromatic heterocycles. The van der Waals surface area contributed by atoms with Gasteiger partial charge in [0.25, 0.3) is 0 Å². The Morgan fingerprint density at radius 3 is 2.59 bits per heavy atom. The van der Waals surface area contributed by atoms with E-state index in [1.54, 1.807) is 0 Å². The molecule has 0 amide bonds. The number of rotatable bonds is 5. The maximum absolute atomic E-state index is 8.64. The Labute approximate surface area is 102 Å². The topological polar surface area (TPSA) is 65.1 Å². The average molecular weight is 236 g/mol. The number of hydrogen-bond acceptors (Lipinski definition) is 4. The minimum atomic E-state index is 0.132. The predicted molar refractivity (Wildman–Crippen MR) is 70.8 cm³/mol. The molecule has 0 fully saturated rings. The second-order valence-electron chi connectivity index (χ2n) is 4.26. The van der Waals surface area contributed by atoms with Crippen LogP contribution in [0.15, 0.2) is 29.4 Å². The van der Waals surface area contributed by atoms with Gasteiger partial charge in [0.2, 0.25) is 0 Å². The van der Waals surface area contributed by atoms with E-state index in [0.717, 1.165) is 24.3 Å². The molecule has 5 nitrogen and oxygen atoms in total. The molecule has 0 aliphatic rings. The van der Waals surface area contributed by atoms with Gasteiger partial charge < -0.3 is 20.7 Å². The maximum atomic E-state index is 8.64. The van der Waals surface area contributed by atoms with Crippen LogP contribution in [0.5, 0.6) is 0 Å². The fourth-order valence-corrected chi connectivity index (χ4v) is 1.44. The lowest BCUT2D eigenvalue weighted by Gasteiger charge is -2.22. The molecule has 0 atom stereocenters. The summed E-state index contributed by atoms with van der Waals surface area (Å²) in [5, 5.41) is 11.6. The fourth-order valence-electron chi connectivity index (χ4n) is 1.44. The van der Waals surface area contributed by atoms with Crippen LogP contribution in [0.2, 0.25) is 0 Å². The van der Waals surface area contributed by atoms with E-state index in [-0.39, 0.29) is 5.84 Å². The molecule has 1 rings (SSSR count). The molecule has 0 radical (unpaired) electrons. The van der Waals surface area contributed by atoms with Crippen molar-refractivity contribution in [2.24, 2.45) is 10.9 Å². The van der Waals surface area contributed by atoms with Gasteiger partial charge in [-0.15, -0.1) is 0 Å². The lowest BCUT2D eigenvalue weighted by molar-refractivity contribution is 0.318. The highest BCUT2D eigenvalue weighted by molar-refractivity contribution is 5.97. The third-order valence-electron chi connectivity index (χ3n) is 2.57. The Hall–Kier alpha value is -1.75. The van der Waals surface area contributed by atoms with Gasteiger partial charge in [0.1, 0.15) is 0 Å². The molecule has 1 aromatic carbocycles. The molecule has 0 aliphatic heterocycles. The van der Waals surface area contributed by atoms with Gasteiger partial charge in [-0.25, -0.2) is 0 Å². The zero-order valence-corrected chi connectivity index (χ0v) is 10.6. The molecular weight excluding hydrogens is 216 g/mol. The Morgan fingerprint density at radius 2 is 2.00 bits per heavy atom. The summed E-state index contributed by atoms with van der Waals surface area (Å²) >= 11 is 0. The van der Waals surface area contributed by atoms with Crippen LogP contribution in [-0.4, -0.2) is 50.2 Å². The van der Waals surface area contributed by atoms with E-state index in [2.05, 4.69) is 15.0 Å². The summed E-state index contributed by atoms with van der Waals surface area (Å²) in [4.78, 5) is 4.26. The standard InChI is InChI=1S/C12H20N4O/c1-15(2)7-8-16(3)11-6-4-5-10(9-11)12(13)14-17/h4-6,9,17H,7-8H2,1-3H3,(H2,13,14). The number of anilines is 1. The van der Waals surface area contributed by atoms with Crippen LogP contribution >= 0.6 is 0 Å². The van der Waals surface area contributed by atoms with Crippen molar-refractivity contribution >= 4 is 11.5 Å². The molecule has 17 heavy (non-hydrogen) atoms. The third-order valence-corrected chi connectivity index (χ3v) is 2.57. The number of hydrogen-bond donors (Lipinski definition) is 2. The number of nitrogens with two attached hydrogens (primary N) is 1. The Balaban J connectivity index is 2.77. The first kappa shape index (κ1) is 13.3. The van der Waals surface area contributed by atoms with Gasteiger partial charge in [-0.3, -0.25) is 0 Å². The molecule has 1 aromatic rings. The van der Waals surface area contributed by atoms with E-state index in [1.807, 2.05) is 45.4 Å². The van der Waals surface area contributed by atoms with E-state index < -0.39 is 0 Å². The van der Waals surface area contributed by atoms with E-state index in [0.29, 0.717) is 0 Å². The molecule has 5 heteroatoms. The van der Waals surface area contributed by atoms with E-state index in [1.165, 1.54) is 0 Å². The van der Waals surface area contributed by atoms with Crippen molar-refractivity contribution in [2.45, 2.75) is 0 Å². The van der Waals surface area contributed by atoms with E-state index in [9.17, 15) is 0 Å². The molecule has 0 unspecified atom stereocenters. The van der Waals surface area contributed by atoms with E-state index in [4.69, 9.17) is 10.9 Å². The molecule has 0 aliphatic carbocycles. The lowest BCUT2D eigenvalue weighted by atomic mass is 10.2. The SMILES string of the molecule is CN(C)CCN(C)c1cccc(/C(N)=N/O)c1. The molecule has 94 valence electrons. The number of amidine groups is 1. The fraction of sp³-hybridized carbons (Fsp3) is 0.417. The average Bonchev–Trinajstić information content (AvgIpc) is 2.35. The molecular formula is C12H20N4O. The molecule has 3 N–H and O–H groups in total. The zero-order chi connectivity index (χ0) is 12.8. The molecule has 0 spiro atoms. The summed E-state index contributed by atoms with van der Waals surface area (Å²) in [6.45, 7) is 1.90. The van der Waals surface area contributed by atoms with Crippen LogP contribution in [0.4, 0.5) is 5.69 Å². The summed E-state index contributed by atoms with van der Waals surface area (Å²) in [5.41, 5.74) is 7.33. The summed E-state index contributed by atoms with van der Waals surface area (Å²) in [7, 11) is 6.11. The minimum absolute atomic E-state index is 0.132. The number of likely N-dealkylation sites (N-methyl/N-ethyl adjacent to an activating group) is 2. The van der Waals surface area contributed by atoms with Crippen molar-refractivity contribution in [3.05, 3.63) is 29.8 Å². The van der Waals surface area contributed by atoms with Gasteiger partial charge >= 0.3 is 0 Å². The van der Waals surface area contributed by atoms with Crippen LogP contribution in [0.25, 0.3) is 0 Å². The summed E-state index contributed by atoms with van der Waals surface area (Å²) in [6, 6.07) is 7.63. The Bertz CT molecular complexity index is 390. The number of nitrogens with zero attached hydrogens (tertiary/aromatic N) is 3. The van der Waals surface area contributed by atoms with Gasteiger partial charge in [0.15, 0.2) is 5.84 Å². The predicted octanol–water partition coefficient (Wildman–Crippen LogP) is 0.779. The van der Waals surface area contributed by atoms with Crippen LogP contribution in [0.1, 0.15) is 5.56 Å². The van der Waals surface area contributed by atoms with Crippen LogP contribution in [0.3, 0.4) is 0 Å². The highest BCUT2D eigenvalue weighted by Gasteiger charge is 2.04. The lowest BCUT2D eigenvalue weighted by Crippen LogP contribution is -2.28. The zero-order valence-electron chi connectivity index (χ0n) is 10.6. The highest BCUT2D eigenvalue weighted by atomic mass is 16.4. The molecule has 0 bridgehead atoms. The van der Waals surface area contributed by atoms with Crippen LogP contribution in [-0.2, 0) is 0 Å². The highest BCUT2D eigenvalue weighted by Crippen LogP contribution is 2.14. The van der Waals surface area contributed by atoms with Crippen LogP contribution < -0.4 is 10.6 Å². The van der Waals surface area contributed by atoms with E-state index >= 15 is 0 Å². The van der Waals surface area contributed by atoms with Gasteiger partial charge in [0.05, 0.1) is 0 Å². The Morgan fingerprint density at radius 1 is 1.29 bits per heavy atom. The Kier molecular flexibility index (Phi) is 4.78. The first-order valence-electron chi connectivity index (χ1n) is 5.48. The molecule has 0 saturated carbocycles. The molecule has 0 saturated heterocycles. The monoisotopic (exact) mass is 236 g/mol. The van der Waals surface area contributed by atoms with Gasteiger partial charge in [0, 0.05) is 31.4 Å². The van der Waals surface area contributed by atoms with Gasteiger partial charge in [-0.1, -0.05) is 17.3 Å². The third kappa shape index (κ3) is 3.96. The quantitative estimate of drug-likeness (QED) is 0.343. The van der Waals surface area contributed by atoms with Crippen molar-refractivity contribution in [1.29, 1.82) is 0 Å². The van der Waals surface area contributed by atoms with Crippen molar-refractivity contribution in [3.63, 3.8) is 0 Å². The minimum Gasteiger partial charge on any atom is -0.409 e. The second-order valence-corrected chi connectivity index (χ2v) is 4.26. The second kappa shape index (κ2) is 6.10. The summed E-state index contributed by atoms with van der Waals surface area (Å²) in [6.07, 6.45) is 0. The normalized spacial score (nSPS) is 11.9. The first-order valence-corrected chi connectivity index (χ1v) is 5.48. The first-order chi connectivity index (χ1) is 8.04. The smallest absolute Gasteiger partial charge is 0.170 e. The van der Waals surface area contributed by atoms with Crippen molar-refractivity contribution in [1.82, 2.24) is 4.90 Å². The number of oxime groups is 1. The van der Waals surface area contributed by atoms with Gasteiger partial charge in [-0.05, 0) is 26.2 Å². The summed E-state index contributed by atoms with van der Waals surface area (Å²) < 4.78 is 0. The maximum Gasteiger partial charge on any atom is 0.170 e. The van der Waals surface area contributed by atoms with Crippen LogP contribution in [0, 0.1) is 0 Å². The van der Waals surface area contributed by atoms with Crippen molar-refractivity contribution in [3.8, 4) is 0 Å². The van der Waals surface area contributed by atoms with Gasteiger partial charge in [-0.2, -0.15) is 0 Å².